The topological polar surface area (TPSA) is 81.9 Å². The van der Waals surface area contributed by atoms with E-state index in [4.69, 9.17) is 16.3 Å². The second kappa shape index (κ2) is 10.1. The van der Waals surface area contributed by atoms with Crippen molar-refractivity contribution in [2.24, 2.45) is 0 Å². The molecule has 3 rings (SSSR count). The van der Waals surface area contributed by atoms with E-state index in [0.717, 1.165) is 12.0 Å². The molecule has 2 heterocycles. The van der Waals surface area contributed by atoms with Crippen molar-refractivity contribution in [3.63, 3.8) is 0 Å². The first-order valence-electron chi connectivity index (χ1n) is 8.79. The van der Waals surface area contributed by atoms with Crippen molar-refractivity contribution >= 4 is 35.1 Å². The molecule has 0 aliphatic rings. The first kappa shape index (κ1) is 20.2. The van der Waals surface area contributed by atoms with Gasteiger partial charge in [-0.05, 0) is 12.0 Å². The number of carbonyl (C=O) groups excluding carboxylic acids is 1. The molecule has 0 bridgehead atoms. The zero-order chi connectivity index (χ0) is 19.8. The van der Waals surface area contributed by atoms with Gasteiger partial charge in [0.05, 0.1) is 18.9 Å². The first-order valence-corrected chi connectivity index (χ1v) is 10.2. The SMILES string of the molecule is CCCOc1ccnc(SCC(=O)Nc2nn(Cc3ccccc3)cc2Cl)n1. The fraction of sp³-hybridized carbons (Fsp3) is 0.263. The maximum absolute atomic E-state index is 12.2. The van der Waals surface area contributed by atoms with Crippen LogP contribution in [0.4, 0.5) is 5.82 Å². The quantitative estimate of drug-likeness (QED) is 0.420. The van der Waals surface area contributed by atoms with Crippen molar-refractivity contribution < 1.29 is 9.53 Å². The van der Waals surface area contributed by atoms with E-state index in [9.17, 15) is 4.79 Å². The number of benzene rings is 1. The number of carbonyl (C=O) groups is 1. The molecule has 0 aliphatic heterocycles. The minimum Gasteiger partial charge on any atom is -0.478 e. The van der Waals surface area contributed by atoms with Gasteiger partial charge in [-0.3, -0.25) is 9.48 Å². The number of anilines is 1. The molecule has 0 spiro atoms. The molecule has 0 saturated carbocycles. The predicted molar refractivity (Wildman–Crippen MR) is 110 cm³/mol. The molecular formula is C19H20ClN5O2S. The summed E-state index contributed by atoms with van der Waals surface area (Å²) in [7, 11) is 0. The maximum Gasteiger partial charge on any atom is 0.236 e. The van der Waals surface area contributed by atoms with Crippen LogP contribution in [0.1, 0.15) is 18.9 Å². The van der Waals surface area contributed by atoms with Crippen molar-refractivity contribution in [3.8, 4) is 5.88 Å². The van der Waals surface area contributed by atoms with Gasteiger partial charge in [-0.25, -0.2) is 4.98 Å². The molecular weight excluding hydrogens is 398 g/mol. The highest BCUT2D eigenvalue weighted by atomic mass is 35.5. The van der Waals surface area contributed by atoms with Gasteiger partial charge in [-0.15, -0.1) is 0 Å². The number of thioether (sulfide) groups is 1. The number of halogens is 1. The zero-order valence-corrected chi connectivity index (χ0v) is 16.9. The fourth-order valence-corrected chi connectivity index (χ4v) is 3.13. The van der Waals surface area contributed by atoms with Gasteiger partial charge in [0.2, 0.25) is 11.8 Å². The van der Waals surface area contributed by atoms with E-state index in [0.29, 0.717) is 35.0 Å². The number of rotatable bonds is 9. The molecule has 2 aromatic heterocycles. The molecule has 9 heteroatoms. The lowest BCUT2D eigenvalue weighted by molar-refractivity contribution is -0.113. The third-order valence-electron chi connectivity index (χ3n) is 3.56. The normalized spacial score (nSPS) is 10.6. The summed E-state index contributed by atoms with van der Waals surface area (Å²) in [6, 6.07) is 11.6. The van der Waals surface area contributed by atoms with Crippen LogP contribution in [0, 0.1) is 0 Å². The lowest BCUT2D eigenvalue weighted by atomic mass is 10.2. The number of nitrogens with zero attached hydrogens (tertiary/aromatic N) is 4. The number of hydrogen-bond donors (Lipinski definition) is 1. The fourth-order valence-electron chi connectivity index (χ4n) is 2.31. The highest BCUT2D eigenvalue weighted by molar-refractivity contribution is 7.99. The van der Waals surface area contributed by atoms with Gasteiger partial charge < -0.3 is 10.1 Å². The van der Waals surface area contributed by atoms with E-state index < -0.39 is 0 Å². The van der Waals surface area contributed by atoms with Crippen LogP contribution in [0.3, 0.4) is 0 Å². The van der Waals surface area contributed by atoms with Crippen LogP contribution < -0.4 is 10.1 Å². The van der Waals surface area contributed by atoms with E-state index in [2.05, 4.69) is 20.4 Å². The Balaban J connectivity index is 1.53. The smallest absolute Gasteiger partial charge is 0.236 e. The van der Waals surface area contributed by atoms with Gasteiger partial charge in [-0.1, -0.05) is 60.6 Å². The van der Waals surface area contributed by atoms with Gasteiger partial charge in [0.25, 0.3) is 0 Å². The third kappa shape index (κ3) is 5.97. The average Bonchev–Trinajstić information content (AvgIpc) is 3.04. The van der Waals surface area contributed by atoms with Crippen LogP contribution in [0.25, 0.3) is 0 Å². The van der Waals surface area contributed by atoms with Crippen LogP contribution in [-0.2, 0) is 11.3 Å². The first-order chi connectivity index (χ1) is 13.6. The molecule has 0 aliphatic carbocycles. The van der Waals surface area contributed by atoms with Crippen molar-refractivity contribution in [1.29, 1.82) is 0 Å². The maximum atomic E-state index is 12.2. The lowest BCUT2D eigenvalue weighted by Gasteiger charge is -2.05. The second-order valence-electron chi connectivity index (χ2n) is 5.87. The summed E-state index contributed by atoms with van der Waals surface area (Å²) in [5.41, 5.74) is 1.09. The molecule has 0 fully saturated rings. The molecule has 3 aromatic rings. The van der Waals surface area contributed by atoms with Crippen LogP contribution in [0.15, 0.2) is 53.9 Å². The Morgan fingerprint density at radius 2 is 2.11 bits per heavy atom. The molecule has 1 N–H and O–H groups in total. The summed E-state index contributed by atoms with van der Waals surface area (Å²) in [5, 5.41) is 7.93. The third-order valence-corrected chi connectivity index (χ3v) is 4.69. The number of amides is 1. The highest BCUT2D eigenvalue weighted by Crippen LogP contribution is 2.21. The summed E-state index contributed by atoms with van der Waals surface area (Å²) < 4.78 is 7.16. The Bertz CT molecular complexity index is 920. The van der Waals surface area contributed by atoms with Crippen molar-refractivity contribution in [2.75, 3.05) is 17.7 Å². The summed E-state index contributed by atoms with van der Waals surface area (Å²) in [6.45, 7) is 3.18. The van der Waals surface area contributed by atoms with E-state index in [-0.39, 0.29) is 11.7 Å². The minimum absolute atomic E-state index is 0.138. The van der Waals surface area contributed by atoms with Gasteiger partial charge in [0, 0.05) is 18.5 Å². The standard InChI is InChI=1S/C19H20ClN5O2S/c1-2-10-27-17-8-9-21-19(23-17)28-13-16(26)22-18-15(20)12-25(24-18)11-14-6-4-3-5-7-14/h3-9,12H,2,10-11,13H2,1H3,(H,22,24,26). The molecule has 0 saturated heterocycles. The summed E-state index contributed by atoms with van der Waals surface area (Å²) >= 11 is 7.41. The second-order valence-corrected chi connectivity index (χ2v) is 7.22. The van der Waals surface area contributed by atoms with Crippen LogP contribution in [0.5, 0.6) is 5.88 Å². The van der Waals surface area contributed by atoms with E-state index in [1.165, 1.54) is 11.8 Å². The molecule has 1 aromatic carbocycles. The Labute approximate surface area is 172 Å². The van der Waals surface area contributed by atoms with Gasteiger partial charge in [0.1, 0.15) is 5.02 Å². The van der Waals surface area contributed by atoms with Gasteiger partial charge in [0.15, 0.2) is 11.0 Å². The molecule has 146 valence electrons. The lowest BCUT2D eigenvalue weighted by Crippen LogP contribution is -2.15. The highest BCUT2D eigenvalue weighted by Gasteiger charge is 2.12. The summed E-state index contributed by atoms with van der Waals surface area (Å²) in [5.74, 6) is 0.742. The number of aromatic nitrogens is 4. The monoisotopic (exact) mass is 417 g/mol. The average molecular weight is 418 g/mol. The summed E-state index contributed by atoms with van der Waals surface area (Å²) in [4.78, 5) is 20.6. The minimum atomic E-state index is -0.236. The summed E-state index contributed by atoms with van der Waals surface area (Å²) in [6.07, 6.45) is 4.20. The Morgan fingerprint density at radius 3 is 2.89 bits per heavy atom. The molecule has 1 amide bonds. The molecule has 0 radical (unpaired) electrons. The van der Waals surface area contributed by atoms with E-state index in [1.54, 1.807) is 23.1 Å². The van der Waals surface area contributed by atoms with Crippen molar-refractivity contribution in [1.82, 2.24) is 19.7 Å². The largest absolute Gasteiger partial charge is 0.478 e. The number of ether oxygens (including phenoxy) is 1. The molecule has 28 heavy (non-hydrogen) atoms. The van der Waals surface area contributed by atoms with Crippen LogP contribution >= 0.6 is 23.4 Å². The molecule has 0 atom stereocenters. The number of nitrogens with one attached hydrogen (secondary N) is 1. The van der Waals surface area contributed by atoms with E-state index in [1.807, 2.05) is 37.3 Å². The Morgan fingerprint density at radius 1 is 1.29 bits per heavy atom. The van der Waals surface area contributed by atoms with Gasteiger partial charge >= 0.3 is 0 Å². The number of hydrogen-bond acceptors (Lipinski definition) is 6. The zero-order valence-electron chi connectivity index (χ0n) is 15.3. The predicted octanol–water partition coefficient (Wildman–Crippen LogP) is 3.89. The van der Waals surface area contributed by atoms with Crippen LogP contribution in [-0.4, -0.2) is 38.0 Å². The van der Waals surface area contributed by atoms with Crippen LogP contribution in [0.2, 0.25) is 5.02 Å². The van der Waals surface area contributed by atoms with E-state index >= 15 is 0 Å². The Hall–Kier alpha value is -2.58. The van der Waals surface area contributed by atoms with Gasteiger partial charge in [-0.2, -0.15) is 10.1 Å². The molecule has 0 unspecified atom stereocenters. The van der Waals surface area contributed by atoms with Crippen molar-refractivity contribution in [2.45, 2.75) is 25.0 Å². The molecule has 7 nitrogen and oxygen atoms in total. The Kier molecular flexibility index (Phi) is 7.27. The van der Waals surface area contributed by atoms with Crippen molar-refractivity contribution in [3.05, 3.63) is 59.4 Å².